The van der Waals surface area contributed by atoms with Crippen molar-refractivity contribution in [2.75, 3.05) is 14.2 Å². The predicted octanol–water partition coefficient (Wildman–Crippen LogP) is 1.14. The van der Waals surface area contributed by atoms with Crippen LogP contribution in [0.4, 0.5) is 0 Å². The fourth-order valence-corrected chi connectivity index (χ4v) is 0.504. The van der Waals surface area contributed by atoms with Crippen LogP contribution in [0.15, 0.2) is 9.98 Å². The molecule has 10 heavy (non-hydrogen) atoms. The van der Waals surface area contributed by atoms with E-state index in [1.165, 1.54) is 0 Å². The van der Waals surface area contributed by atoms with Gasteiger partial charge in [-0.05, 0) is 13.8 Å². The quantitative estimate of drug-likeness (QED) is 0.420. The Labute approximate surface area is 61.8 Å². The van der Waals surface area contributed by atoms with Crippen molar-refractivity contribution in [3.63, 3.8) is 0 Å². The van der Waals surface area contributed by atoms with Crippen molar-refractivity contribution in [2.24, 2.45) is 9.98 Å². The summed E-state index contributed by atoms with van der Waals surface area (Å²) in [6, 6.07) is 0.257. The fraction of sp³-hybridized carbons (Fsp3) is 0.714. The van der Waals surface area contributed by atoms with Crippen LogP contribution in [-0.2, 0) is 4.74 Å². The van der Waals surface area contributed by atoms with E-state index in [2.05, 4.69) is 9.98 Å². The first kappa shape index (κ1) is 9.14. The highest BCUT2D eigenvalue weighted by Crippen LogP contribution is 1.87. The molecule has 0 aromatic rings. The number of hydrogen-bond donors (Lipinski definition) is 0. The highest BCUT2D eigenvalue weighted by Gasteiger charge is 1.92. The van der Waals surface area contributed by atoms with Crippen molar-refractivity contribution in [3.8, 4) is 0 Å². The Morgan fingerprint density at radius 2 is 2.10 bits per heavy atom. The van der Waals surface area contributed by atoms with E-state index in [4.69, 9.17) is 4.74 Å². The Kier molecular flexibility index (Phi) is 4.54. The average molecular weight is 142 g/mol. The van der Waals surface area contributed by atoms with Crippen molar-refractivity contribution in [3.05, 3.63) is 0 Å². The van der Waals surface area contributed by atoms with Crippen LogP contribution in [0.5, 0.6) is 0 Å². The number of ether oxygens (including phenoxy) is 1. The van der Waals surface area contributed by atoms with E-state index in [1.54, 1.807) is 20.4 Å². The van der Waals surface area contributed by atoms with Crippen LogP contribution in [0.1, 0.15) is 13.8 Å². The van der Waals surface area contributed by atoms with E-state index in [-0.39, 0.29) is 6.04 Å². The largest absolute Gasteiger partial charge is 0.480 e. The molecule has 0 aliphatic heterocycles. The van der Waals surface area contributed by atoms with Gasteiger partial charge in [-0.15, -0.1) is 0 Å². The lowest BCUT2D eigenvalue weighted by molar-refractivity contribution is 0.408. The van der Waals surface area contributed by atoms with Crippen LogP contribution in [0.3, 0.4) is 0 Å². The van der Waals surface area contributed by atoms with Crippen molar-refractivity contribution in [2.45, 2.75) is 19.9 Å². The van der Waals surface area contributed by atoms with E-state index in [0.29, 0.717) is 5.90 Å². The molecule has 0 radical (unpaired) electrons. The highest BCUT2D eigenvalue weighted by molar-refractivity contribution is 6.26. The lowest BCUT2D eigenvalue weighted by Crippen LogP contribution is -2.06. The van der Waals surface area contributed by atoms with Gasteiger partial charge in [0.2, 0.25) is 5.90 Å². The van der Waals surface area contributed by atoms with Crippen LogP contribution >= 0.6 is 0 Å². The summed E-state index contributed by atoms with van der Waals surface area (Å²) in [6.07, 6.45) is 1.60. The number of methoxy groups -OCH3 is 1. The minimum atomic E-state index is 0.257. The molecule has 0 fully saturated rings. The molecule has 0 bridgehead atoms. The summed E-state index contributed by atoms with van der Waals surface area (Å²) in [5, 5.41) is 0. The smallest absolute Gasteiger partial charge is 0.227 e. The third-order valence-electron chi connectivity index (χ3n) is 0.834. The minimum absolute atomic E-state index is 0.257. The number of aliphatic imine (C=N–C) groups is 2. The fourth-order valence-electron chi connectivity index (χ4n) is 0.504. The standard InChI is InChI=1S/C7H14N2O/c1-6(2)9-7(10-4)5-8-3/h5-6H,1-4H3. The third-order valence-corrected chi connectivity index (χ3v) is 0.834. The zero-order chi connectivity index (χ0) is 7.98. The van der Waals surface area contributed by atoms with Crippen LogP contribution in [0, 0.1) is 0 Å². The number of hydrogen-bond acceptors (Lipinski definition) is 3. The monoisotopic (exact) mass is 142 g/mol. The summed E-state index contributed by atoms with van der Waals surface area (Å²) < 4.78 is 4.90. The van der Waals surface area contributed by atoms with Crippen LogP contribution < -0.4 is 0 Å². The van der Waals surface area contributed by atoms with Gasteiger partial charge in [-0.1, -0.05) is 0 Å². The first-order valence-electron chi connectivity index (χ1n) is 3.24. The number of nitrogens with zero attached hydrogens (tertiary/aromatic N) is 2. The van der Waals surface area contributed by atoms with E-state index >= 15 is 0 Å². The van der Waals surface area contributed by atoms with Gasteiger partial charge in [-0.25, -0.2) is 4.99 Å². The van der Waals surface area contributed by atoms with Gasteiger partial charge in [0, 0.05) is 13.1 Å². The van der Waals surface area contributed by atoms with Crippen LogP contribution in [0.2, 0.25) is 0 Å². The lowest BCUT2D eigenvalue weighted by atomic mass is 10.4. The Balaban J connectivity index is 4.04. The maximum atomic E-state index is 4.90. The second kappa shape index (κ2) is 4.97. The maximum absolute atomic E-state index is 4.90. The van der Waals surface area contributed by atoms with Gasteiger partial charge in [-0.2, -0.15) is 0 Å². The zero-order valence-electron chi connectivity index (χ0n) is 6.96. The molecule has 58 valence electrons. The second-order valence-corrected chi connectivity index (χ2v) is 2.15. The predicted molar refractivity (Wildman–Crippen MR) is 44.0 cm³/mol. The van der Waals surface area contributed by atoms with E-state index in [0.717, 1.165) is 0 Å². The zero-order valence-corrected chi connectivity index (χ0v) is 6.96. The summed E-state index contributed by atoms with van der Waals surface area (Å²) in [7, 11) is 3.28. The molecule has 0 atom stereocenters. The average Bonchev–Trinajstić information content (AvgIpc) is 1.86. The molecule has 0 rings (SSSR count). The molecule has 0 heterocycles. The molecule has 0 amide bonds. The molecule has 0 saturated heterocycles. The molecular weight excluding hydrogens is 128 g/mol. The van der Waals surface area contributed by atoms with Gasteiger partial charge in [0.05, 0.1) is 13.3 Å². The van der Waals surface area contributed by atoms with Crippen LogP contribution in [-0.4, -0.2) is 32.3 Å². The van der Waals surface area contributed by atoms with Crippen molar-refractivity contribution in [1.82, 2.24) is 0 Å². The second-order valence-electron chi connectivity index (χ2n) is 2.15. The SMILES string of the molecule is CN=CC(=NC(C)C)OC. The Bertz CT molecular complexity index is 139. The molecule has 3 nitrogen and oxygen atoms in total. The first-order chi connectivity index (χ1) is 4.70. The van der Waals surface area contributed by atoms with Crippen LogP contribution in [0.25, 0.3) is 0 Å². The normalized spacial score (nSPS) is 13.1. The lowest BCUT2D eigenvalue weighted by Gasteiger charge is -1.99. The molecule has 0 aromatic carbocycles. The van der Waals surface area contributed by atoms with E-state index in [9.17, 15) is 0 Å². The third kappa shape index (κ3) is 4.06. The van der Waals surface area contributed by atoms with Crippen molar-refractivity contribution >= 4 is 12.1 Å². The summed E-state index contributed by atoms with van der Waals surface area (Å²) in [5.74, 6) is 0.581. The molecular formula is C7H14N2O. The topological polar surface area (TPSA) is 34.0 Å². The molecule has 0 aliphatic rings. The summed E-state index contributed by atoms with van der Waals surface area (Å²) >= 11 is 0. The highest BCUT2D eigenvalue weighted by atomic mass is 16.5. The maximum Gasteiger partial charge on any atom is 0.227 e. The van der Waals surface area contributed by atoms with Gasteiger partial charge in [-0.3, -0.25) is 4.99 Å². The van der Waals surface area contributed by atoms with Gasteiger partial charge in [0.1, 0.15) is 0 Å². The minimum Gasteiger partial charge on any atom is -0.480 e. The van der Waals surface area contributed by atoms with E-state index in [1.807, 2.05) is 13.8 Å². The Hall–Kier alpha value is -0.860. The van der Waals surface area contributed by atoms with E-state index < -0.39 is 0 Å². The summed E-state index contributed by atoms with van der Waals surface area (Å²) in [5.41, 5.74) is 0. The first-order valence-corrected chi connectivity index (χ1v) is 3.24. The molecule has 0 aromatic heterocycles. The molecule has 0 aliphatic carbocycles. The Morgan fingerprint density at radius 1 is 1.50 bits per heavy atom. The number of rotatable bonds is 2. The van der Waals surface area contributed by atoms with Gasteiger partial charge >= 0.3 is 0 Å². The Morgan fingerprint density at radius 3 is 2.40 bits per heavy atom. The van der Waals surface area contributed by atoms with Crippen molar-refractivity contribution in [1.29, 1.82) is 0 Å². The molecule has 0 N–H and O–H groups in total. The summed E-state index contributed by atoms with van der Waals surface area (Å²) in [6.45, 7) is 3.98. The summed E-state index contributed by atoms with van der Waals surface area (Å²) in [4.78, 5) is 7.91. The molecule has 0 saturated carbocycles. The van der Waals surface area contributed by atoms with Gasteiger partial charge < -0.3 is 4.74 Å². The molecule has 0 spiro atoms. The van der Waals surface area contributed by atoms with Gasteiger partial charge in [0.25, 0.3) is 0 Å². The molecule has 0 unspecified atom stereocenters. The van der Waals surface area contributed by atoms with Gasteiger partial charge in [0.15, 0.2) is 0 Å². The molecule has 3 heteroatoms. The van der Waals surface area contributed by atoms with Crippen molar-refractivity contribution < 1.29 is 4.74 Å².